The van der Waals surface area contributed by atoms with E-state index in [0.717, 1.165) is 31.6 Å². The number of benzene rings is 1. The summed E-state index contributed by atoms with van der Waals surface area (Å²) in [6.45, 7) is 1.42. The number of aliphatic hydroxyl groups is 1. The quantitative estimate of drug-likeness (QED) is 0.822. The number of ketones is 1. The van der Waals surface area contributed by atoms with Crippen LogP contribution in [0.4, 0.5) is 0 Å². The van der Waals surface area contributed by atoms with Crippen LogP contribution in [0.25, 0.3) is 0 Å². The smallest absolute Gasteiger partial charge is 0.176 e. The first-order valence-electron chi connectivity index (χ1n) is 6.76. The van der Waals surface area contributed by atoms with E-state index in [-0.39, 0.29) is 18.4 Å². The Morgan fingerprint density at radius 2 is 2.11 bits per heavy atom. The van der Waals surface area contributed by atoms with Crippen molar-refractivity contribution in [3.05, 3.63) is 29.8 Å². The van der Waals surface area contributed by atoms with Gasteiger partial charge in [-0.15, -0.1) is 0 Å². The number of hydrogen-bond acceptors (Lipinski definition) is 4. The van der Waals surface area contributed by atoms with Crippen molar-refractivity contribution in [3.63, 3.8) is 0 Å². The minimum atomic E-state index is 0.100. The minimum Gasteiger partial charge on any atom is -0.497 e. The molecule has 1 unspecified atom stereocenters. The molecule has 0 aromatic heterocycles. The molecule has 2 rings (SSSR count). The zero-order valence-electron chi connectivity index (χ0n) is 11.3. The molecule has 0 saturated carbocycles. The number of piperidine rings is 1. The van der Waals surface area contributed by atoms with Crippen molar-refractivity contribution in [3.8, 4) is 5.75 Å². The van der Waals surface area contributed by atoms with Gasteiger partial charge in [0.1, 0.15) is 5.75 Å². The minimum absolute atomic E-state index is 0.100. The fourth-order valence-corrected chi connectivity index (χ4v) is 2.53. The van der Waals surface area contributed by atoms with Gasteiger partial charge in [-0.25, -0.2) is 0 Å². The Labute approximate surface area is 114 Å². The number of rotatable bonds is 5. The fourth-order valence-electron chi connectivity index (χ4n) is 2.53. The molecule has 0 radical (unpaired) electrons. The van der Waals surface area contributed by atoms with Gasteiger partial charge in [0.05, 0.1) is 20.3 Å². The molecule has 104 valence electrons. The summed E-state index contributed by atoms with van der Waals surface area (Å²) in [6, 6.07) is 7.31. The second-order valence-corrected chi connectivity index (χ2v) is 4.95. The fraction of sp³-hybridized carbons (Fsp3) is 0.533. The monoisotopic (exact) mass is 263 g/mol. The van der Waals surface area contributed by atoms with Crippen molar-refractivity contribution in [2.45, 2.75) is 25.3 Å². The van der Waals surface area contributed by atoms with Crippen molar-refractivity contribution >= 4 is 5.78 Å². The second-order valence-electron chi connectivity index (χ2n) is 4.95. The van der Waals surface area contributed by atoms with E-state index in [4.69, 9.17) is 4.74 Å². The number of likely N-dealkylation sites (tertiary alicyclic amines) is 1. The van der Waals surface area contributed by atoms with Crippen LogP contribution < -0.4 is 4.74 Å². The molecule has 19 heavy (non-hydrogen) atoms. The molecular weight excluding hydrogens is 242 g/mol. The first kappa shape index (κ1) is 14.0. The second kappa shape index (κ2) is 6.68. The molecule has 4 heteroatoms. The number of Topliss-reactive ketones (excluding diaryl/α,β-unsaturated/α-hetero) is 1. The molecule has 0 bridgehead atoms. The summed E-state index contributed by atoms with van der Waals surface area (Å²) in [5, 5.41) is 9.34. The summed E-state index contributed by atoms with van der Waals surface area (Å²) in [5.74, 6) is 0.853. The van der Waals surface area contributed by atoms with E-state index in [1.165, 1.54) is 0 Å². The van der Waals surface area contributed by atoms with Gasteiger partial charge in [0.2, 0.25) is 0 Å². The summed E-state index contributed by atoms with van der Waals surface area (Å²) >= 11 is 0. The first-order valence-corrected chi connectivity index (χ1v) is 6.76. The third kappa shape index (κ3) is 3.55. The molecule has 4 nitrogen and oxygen atoms in total. The molecule has 1 aromatic rings. The van der Waals surface area contributed by atoms with Crippen molar-refractivity contribution in [2.75, 3.05) is 26.8 Å². The van der Waals surface area contributed by atoms with Gasteiger partial charge in [0, 0.05) is 11.6 Å². The van der Waals surface area contributed by atoms with E-state index < -0.39 is 0 Å². The van der Waals surface area contributed by atoms with Crippen molar-refractivity contribution in [1.29, 1.82) is 0 Å². The number of carbonyl (C=O) groups excluding carboxylic acids is 1. The lowest BCUT2D eigenvalue weighted by Gasteiger charge is -2.33. The zero-order chi connectivity index (χ0) is 13.7. The molecule has 1 N–H and O–H groups in total. The van der Waals surface area contributed by atoms with Gasteiger partial charge in [0.25, 0.3) is 0 Å². The standard InChI is InChI=1S/C15H21NO3/c1-19-14-7-5-12(6-8-14)15(18)10-16-9-3-2-4-13(16)11-17/h5-8,13,17H,2-4,9-11H2,1H3. The normalized spacial score (nSPS) is 20.2. The lowest BCUT2D eigenvalue weighted by atomic mass is 10.0. The summed E-state index contributed by atoms with van der Waals surface area (Å²) in [7, 11) is 1.61. The Morgan fingerprint density at radius 1 is 1.37 bits per heavy atom. The van der Waals surface area contributed by atoms with E-state index in [0.29, 0.717) is 12.1 Å². The van der Waals surface area contributed by atoms with Gasteiger partial charge in [-0.05, 0) is 43.7 Å². The van der Waals surface area contributed by atoms with E-state index in [2.05, 4.69) is 4.90 Å². The highest BCUT2D eigenvalue weighted by Gasteiger charge is 2.23. The lowest BCUT2D eigenvalue weighted by Crippen LogP contribution is -2.44. The maximum absolute atomic E-state index is 12.2. The third-order valence-electron chi connectivity index (χ3n) is 3.72. The number of carbonyl (C=O) groups is 1. The van der Waals surface area contributed by atoms with E-state index >= 15 is 0 Å². The molecule has 1 aromatic carbocycles. The summed E-state index contributed by atoms with van der Waals surface area (Å²) < 4.78 is 5.08. The van der Waals surface area contributed by atoms with Crippen LogP contribution in [-0.4, -0.2) is 48.6 Å². The zero-order valence-corrected chi connectivity index (χ0v) is 11.3. The number of aliphatic hydroxyl groups excluding tert-OH is 1. The third-order valence-corrected chi connectivity index (χ3v) is 3.72. The largest absolute Gasteiger partial charge is 0.497 e. The van der Waals surface area contributed by atoms with Crippen LogP contribution in [0.15, 0.2) is 24.3 Å². The van der Waals surface area contributed by atoms with Crippen LogP contribution in [0, 0.1) is 0 Å². The van der Waals surface area contributed by atoms with Crippen LogP contribution in [0.3, 0.4) is 0 Å². The van der Waals surface area contributed by atoms with Crippen molar-refractivity contribution in [2.24, 2.45) is 0 Å². The highest BCUT2D eigenvalue weighted by molar-refractivity contribution is 5.97. The number of ether oxygens (including phenoxy) is 1. The van der Waals surface area contributed by atoms with Crippen molar-refractivity contribution in [1.82, 2.24) is 4.90 Å². The van der Waals surface area contributed by atoms with E-state index in [1.807, 2.05) is 0 Å². The molecule has 1 aliphatic rings. The van der Waals surface area contributed by atoms with Crippen LogP contribution in [0.2, 0.25) is 0 Å². The molecule has 0 aliphatic carbocycles. The Bertz CT molecular complexity index is 416. The molecular formula is C15H21NO3. The number of nitrogens with zero attached hydrogens (tertiary/aromatic N) is 1. The Kier molecular flexibility index (Phi) is 4.93. The predicted octanol–water partition coefficient (Wildman–Crippen LogP) is 1.72. The highest BCUT2D eigenvalue weighted by Crippen LogP contribution is 2.18. The average molecular weight is 263 g/mol. The summed E-state index contributed by atoms with van der Waals surface area (Å²) in [4.78, 5) is 14.3. The van der Waals surface area contributed by atoms with E-state index in [1.54, 1.807) is 31.4 Å². The Hall–Kier alpha value is -1.39. The van der Waals surface area contributed by atoms with Gasteiger partial charge in [-0.1, -0.05) is 6.42 Å². The van der Waals surface area contributed by atoms with Crippen LogP contribution in [0.1, 0.15) is 29.6 Å². The van der Waals surface area contributed by atoms with Crippen LogP contribution >= 0.6 is 0 Å². The van der Waals surface area contributed by atoms with Gasteiger partial charge in [-0.3, -0.25) is 9.69 Å². The van der Waals surface area contributed by atoms with Crippen LogP contribution in [-0.2, 0) is 0 Å². The summed E-state index contributed by atoms with van der Waals surface area (Å²) in [5.41, 5.74) is 0.697. The number of hydrogen-bond donors (Lipinski definition) is 1. The highest BCUT2D eigenvalue weighted by atomic mass is 16.5. The van der Waals surface area contributed by atoms with Crippen molar-refractivity contribution < 1.29 is 14.6 Å². The predicted molar refractivity (Wildman–Crippen MR) is 73.6 cm³/mol. The maximum atomic E-state index is 12.2. The summed E-state index contributed by atoms with van der Waals surface area (Å²) in [6.07, 6.45) is 3.22. The molecule has 1 saturated heterocycles. The SMILES string of the molecule is COc1ccc(C(=O)CN2CCCCC2CO)cc1. The number of methoxy groups -OCH3 is 1. The average Bonchev–Trinajstić information content (AvgIpc) is 2.48. The Morgan fingerprint density at radius 3 is 2.74 bits per heavy atom. The van der Waals surface area contributed by atoms with Gasteiger partial charge in [0.15, 0.2) is 5.78 Å². The molecule has 0 spiro atoms. The van der Waals surface area contributed by atoms with Crippen LogP contribution in [0.5, 0.6) is 5.75 Å². The molecule has 1 fully saturated rings. The Balaban J connectivity index is 1.98. The first-order chi connectivity index (χ1) is 9.24. The topological polar surface area (TPSA) is 49.8 Å². The maximum Gasteiger partial charge on any atom is 0.176 e. The van der Waals surface area contributed by atoms with Gasteiger partial charge < -0.3 is 9.84 Å². The molecule has 1 atom stereocenters. The lowest BCUT2D eigenvalue weighted by molar-refractivity contribution is 0.0711. The van der Waals surface area contributed by atoms with Gasteiger partial charge >= 0.3 is 0 Å². The molecule has 1 aliphatic heterocycles. The van der Waals surface area contributed by atoms with Gasteiger partial charge in [-0.2, -0.15) is 0 Å². The molecule has 1 heterocycles. The molecule has 0 amide bonds. The van der Waals surface area contributed by atoms with E-state index in [9.17, 15) is 9.90 Å².